The number of carboxylic acids is 1. The minimum Gasteiger partial charge on any atom is -0.481 e. The summed E-state index contributed by atoms with van der Waals surface area (Å²) in [6.45, 7) is 7.66. The summed E-state index contributed by atoms with van der Waals surface area (Å²) in [6.07, 6.45) is 3.17. The molecule has 0 aromatic heterocycles. The largest absolute Gasteiger partial charge is 0.481 e. The highest BCUT2D eigenvalue weighted by molar-refractivity contribution is 5.75. The Morgan fingerprint density at radius 3 is 2.40 bits per heavy atom. The van der Waals surface area contributed by atoms with E-state index in [-0.39, 0.29) is 23.2 Å². The van der Waals surface area contributed by atoms with Crippen molar-refractivity contribution in [1.82, 2.24) is 0 Å². The maximum absolute atomic E-state index is 12.0. The van der Waals surface area contributed by atoms with Crippen molar-refractivity contribution in [2.45, 2.75) is 77.6 Å². The van der Waals surface area contributed by atoms with Gasteiger partial charge in [0.1, 0.15) is 5.60 Å². The van der Waals surface area contributed by atoms with Crippen LogP contribution in [0.3, 0.4) is 0 Å². The Balaban J connectivity index is 2.08. The number of carboxylic acid groups (broad SMARTS) is 1. The Labute approximate surface area is 149 Å². The first-order valence-corrected chi connectivity index (χ1v) is 9.51. The molecule has 5 heteroatoms. The van der Waals surface area contributed by atoms with Crippen molar-refractivity contribution in [1.29, 1.82) is 0 Å². The van der Waals surface area contributed by atoms with Crippen LogP contribution in [0.2, 0.25) is 0 Å². The van der Waals surface area contributed by atoms with Crippen molar-refractivity contribution in [2.75, 3.05) is 0 Å². The Bertz CT molecular complexity index is 599. The fraction of sp³-hybridized carbons (Fsp3) is 0.850. The highest BCUT2D eigenvalue weighted by atomic mass is 16.4. The van der Waals surface area contributed by atoms with Crippen molar-refractivity contribution in [2.24, 2.45) is 28.6 Å². The lowest BCUT2D eigenvalue weighted by atomic mass is 9.44. The molecule has 5 nitrogen and oxygen atoms in total. The number of aliphatic hydroxyl groups is 3. The van der Waals surface area contributed by atoms with Crippen LogP contribution < -0.4 is 0 Å². The zero-order valence-corrected chi connectivity index (χ0v) is 15.7. The standard InChI is InChI=1S/C20H32O5/c1-11(2)20(25)10-12-13(8-16(20)22)18(3)6-5-7-19(4,17(23)24)15(18)9-14(12)21/h10-11,13-16,21-22,25H,5-9H2,1-4H3,(H,23,24)/t13-,14+,15+,16-,18+,19+,20+/m0/s1. The number of aliphatic carboxylic acids is 1. The van der Waals surface area contributed by atoms with E-state index in [1.807, 2.05) is 20.8 Å². The van der Waals surface area contributed by atoms with Gasteiger partial charge >= 0.3 is 5.97 Å². The second kappa shape index (κ2) is 5.80. The molecule has 0 amide bonds. The molecule has 7 atom stereocenters. The minimum absolute atomic E-state index is 0.0887. The highest BCUT2D eigenvalue weighted by Crippen LogP contribution is 2.63. The Hall–Kier alpha value is -0.910. The molecule has 0 aromatic rings. The summed E-state index contributed by atoms with van der Waals surface area (Å²) in [7, 11) is 0. The van der Waals surface area contributed by atoms with Crippen LogP contribution in [0.25, 0.3) is 0 Å². The lowest BCUT2D eigenvalue weighted by Crippen LogP contribution is -2.60. The van der Waals surface area contributed by atoms with E-state index in [4.69, 9.17) is 0 Å². The van der Waals surface area contributed by atoms with E-state index in [1.165, 1.54) is 0 Å². The highest BCUT2D eigenvalue weighted by Gasteiger charge is 2.61. The molecule has 0 spiro atoms. The Morgan fingerprint density at radius 1 is 1.20 bits per heavy atom. The minimum atomic E-state index is -1.33. The third-order valence-electron chi connectivity index (χ3n) is 7.82. The van der Waals surface area contributed by atoms with Crippen molar-refractivity contribution in [3.63, 3.8) is 0 Å². The molecule has 2 fully saturated rings. The van der Waals surface area contributed by atoms with Gasteiger partial charge in [0.25, 0.3) is 0 Å². The summed E-state index contributed by atoms with van der Waals surface area (Å²) in [5.41, 5.74) is -1.66. The zero-order chi connectivity index (χ0) is 18.8. The van der Waals surface area contributed by atoms with Crippen molar-refractivity contribution >= 4 is 5.97 Å². The molecule has 2 saturated carbocycles. The molecule has 0 heterocycles. The predicted octanol–water partition coefficient (Wildman–Crippen LogP) is 2.34. The van der Waals surface area contributed by atoms with Gasteiger partial charge in [-0.15, -0.1) is 0 Å². The van der Waals surface area contributed by atoms with Gasteiger partial charge in [-0.05, 0) is 67.4 Å². The lowest BCUT2D eigenvalue weighted by molar-refractivity contribution is -0.172. The maximum atomic E-state index is 12.0. The lowest BCUT2D eigenvalue weighted by Gasteiger charge is -2.60. The number of fused-ring (bicyclic) bond motifs is 3. The van der Waals surface area contributed by atoms with Gasteiger partial charge in [0.2, 0.25) is 0 Å². The maximum Gasteiger partial charge on any atom is 0.309 e. The SMILES string of the molecule is CC(C)[C@]1(O)C=C2[C@H](O)C[C@@H]3[C@](C)(CCC[C@@]3(C)C(=O)O)[C@H]2C[C@@H]1O. The summed E-state index contributed by atoms with van der Waals surface area (Å²) < 4.78 is 0. The topological polar surface area (TPSA) is 98.0 Å². The number of aliphatic hydroxyl groups excluding tert-OH is 2. The fourth-order valence-electron chi connectivity index (χ4n) is 6.02. The predicted molar refractivity (Wildman–Crippen MR) is 93.8 cm³/mol. The van der Waals surface area contributed by atoms with E-state index in [9.17, 15) is 25.2 Å². The van der Waals surface area contributed by atoms with Gasteiger partial charge in [0.05, 0.1) is 17.6 Å². The Kier molecular flexibility index (Phi) is 4.37. The van der Waals surface area contributed by atoms with E-state index in [1.54, 1.807) is 6.08 Å². The normalized spacial score (nSPS) is 50.0. The third-order valence-corrected chi connectivity index (χ3v) is 7.82. The molecule has 0 radical (unpaired) electrons. The van der Waals surface area contributed by atoms with Crippen molar-refractivity contribution < 1.29 is 25.2 Å². The van der Waals surface area contributed by atoms with Crippen LogP contribution in [0.5, 0.6) is 0 Å². The zero-order valence-electron chi connectivity index (χ0n) is 15.7. The van der Waals surface area contributed by atoms with Crippen LogP contribution in [0.1, 0.15) is 59.8 Å². The van der Waals surface area contributed by atoms with E-state index in [0.717, 1.165) is 18.4 Å². The van der Waals surface area contributed by atoms with Crippen molar-refractivity contribution in [3.8, 4) is 0 Å². The van der Waals surface area contributed by atoms with E-state index < -0.39 is 29.2 Å². The summed E-state index contributed by atoms with van der Waals surface area (Å²) in [6, 6.07) is 0. The summed E-state index contributed by atoms with van der Waals surface area (Å²) in [5.74, 6) is -1.18. The number of rotatable bonds is 2. The molecule has 25 heavy (non-hydrogen) atoms. The number of hydrogen-bond donors (Lipinski definition) is 4. The molecule has 0 aromatic carbocycles. The van der Waals surface area contributed by atoms with Crippen molar-refractivity contribution in [3.05, 3.63) is 11.6 Å². The molecular weight excluding hydrogens is 320 g/mol. The van der Waals surface area contributed by atoms with Gasteiger partial charge in [-0.25, -0.2) is 0 Å². The average Bonchev–Trinajstić information content (AvgIpc) is 2.51. The fourth-order valence-corrected chi connectivity index (χ4v) is 6.02. The van der Waals surface area contributed by atoms with Crippen LogP contribution in [0.15, 0.2) is 11.6 Å². The first kappa shape index (κ1) is 18.9. The van der Waals surface area contributed by atoms with Gasteiger partial charge in [-0.2, -0.15) is 0 Å². The quantitative estimate of drug-likeness (QED) is 0.572. The molecule has 142 valence electrons. The molecule has 0 bridgehead atoms. The second-order valence-electron chi connectivity index (χ2n) is 9.38. The number of carbonyl (C=O) groups is 1. The number of hydrogen-bond acceptors (Lipinski definition) is 4. The molecular formula is C20H32O5. The summed E-state index contributed by atoms with van der Waals surface area (Å²) >= 11 is 0. The van der Waals surface area contributed by atoms with Crippen LogP contribution in [0, 0.1) is 28.6 Å². The van der Waals surface area contributed by atoms with E-state index in [2.05, 4.69) is 6.92 Å². The smallest absolute Gasteiger partial charge is 0.309 e. The first-order valence-electron chi connectivity index (χ1n) is 9.51. The molecule has 0 aliphatic heterocycles. The van der Waals surface area contributed by atoms with Crippen LogP contribution in [0.4, 0.5) is 0 Å². The molecule has 3 aliphatic carbocycles. The summed E-state index contributed by atoms with van der Waals surface area (Å²) in [4.78, 5) is 12.0. The van der Waals surface area contributed by atoms with Gasteiger partial charge in [0.15, 0.2) is 0 Å². The molecule has 0 unspecified atom stereocenters. The van der Waals surface area contributed by atoms with Gasteiger partial charge in [0, 0.05) is 0 Å². The van der Waals surface area contributed by atoms with Crippen LogP contribution in [-0.4, -0.2) is 44.2 Å². The summed E-state index contributed by atoms with van der Waals surface area (Å²) in [5, 5.41) is 42.3. The first-order chi connectivity index (χ1) is 11.5. The third kappa shape index (κ3) is 2.50. The van der Waals surface area contributed by atoms with Crippen LogP contribution >= 0.6 is 0 Å². The van der Waals surface area contributed by atoms with E-state index >= 15 is 0 Å². The van der Waals surface area contributed by atoms with E-state index in [0.29, 0.717) is 19.3 Å². The molecule has 0 saturated heterocycles. The average molecular weight is 352 g/mol. The monoisotopic (exact) mass is 352 g/mol. The molecule has 3 rings (SSSR count). The van der Waals surface area contributed by atoms with Gasteiger partial charge in [-0.1, -0.05) is 27.2 Å². The van der Waals surface area contributed by atoms with Crippen LogP contribution in [-0.2, 0) is 4.79 Å². The second-order valence-corrected chi connectivity index (χ2v) is 9.38. The molecule has 4 N–H and O–H groups in total. The van der Waals surface area contributed by atoms with Gasteiger partial charge in [-0.3, -0.25) is 4.79 Å². The van der Waals surface area contributed by atoms with Gasteiger partial charge < -0.3 is 20.4 Å². The Morgan fingerprint density at radius 2 is 1.84 bits per heavy atom. The molecule has 3 aliphatic rings.